The number of aromatic carboxylic acids is 1. The molecule has 2 aromatic carbocycles. The Balaban J connectivity index is 1.54. The number of carboxylic acids is 1. The summed E-state index contributed by atoms with van der Waals surface area (Å²) >= 11 is 0. The van der Waals surface area contributed by atoms with Gasteiger partial charge in [-0.2, -0.15) is 0 Å². The monoisotopic (exact) mass is 471 g/mol. The van der Waals surface area contributed by atoms with Crippen LogP contribution in [0.5, 0.6) is 11.5 Å². The molecular weight excluding hydrogens is 446 g/mol. The third-order valence-corrected chi connectivity index (χ3v) is 5.24. The molecular formula is C27H25N3O5. The van der Waals surface area contributed by atoms with Crippen LogP contribution in [0.25, 0.3) is 5.70 Å². The number of aryl methyl sites for hydroxylation is 2. The largest absolute Gasteiger partial charge is 0.489 e. The van der Waals surface area contributed by atoms with Crippen molar-refractivity contribution < 1.29 is 23.9 Å². The van der Waals surface area contributed by atoms with Crippen molar-refractivity contribution >= 4 is 17.5 Å². The Morgan fingerprint density at radius 1 is 1.00 bits per heavy atom. The van der Waals surface area contributed by atoms with Gasteiger partial charge in [-0.15, -0.1) is 0 Å². The van der Waals surface area contributed by atoms with E-state index in [0.717, 1.165) is 16.7 Å². The van der Waals surface area contributed by atoms with Gasteiger partial charge in [-0.05, 0) is 49.2 Å². The highest BCUT2D eigenvalue weighted by Gasteiger charge is 2.10. The first-order valence-electron chi connectivity index (χ1n) is 10.9. The van der Waals surface area contributed by atoms with Gasteiger partial charge < -0.3 is 24.4 Å². The van der Waals surface area contributed by atoms with Gasteiger partial charge in [-0.25, -0.2) is 9.78 Å². The van der Waals surface area contributed by atoms with Crippen molar-refractivity contribution in [2.45, 2.75) is 27.1 Å². The lowest BCUT2D eigenvalue weighted by Crippen LogP contribution is -2.04. The first-order valence-corrected chi connectivity index (χ1v) is 10.9. The van der Waals surface area contributed by atoms with Crippen molar-refractivity contribution in [3.8, 4) is 11.5 Å². The van der Waals surface area contributed by atoms with Crippen LogP contribution in [0, 0.1) is 13.8 Å². The second kappa shape index (κ2) is 10.6. The van der Waals surface area contributed by atoms with Crippen LogP contribution in [-0.2, 0) is 13.2 Å². The summed E-state index contributed by atoms with van der Waals surface area (Å²) < 4.78 is 17.1. The fourth-order valence-electron chi connectivity index (χ4n) is 3.31. The predicted octanol–water partition coefficient (Wildman–Crippen LogP) is 5.63. The molecule has 8 heteroatoms. The van der Waals surface area contributed by atoms with Gasteiger partial charge in [0.05, 0.1) is 5.56 Å². The number of hydrogen-bond donors (Lipinski definition) is 2. The molecule has 0 radical (unpaired) electrons. The quantitative estimate of drug-likeness (QED) is 0.307. The van der Waals surface area contributed by atoms with Crippen LogP contribution in [0.3, 0.4) is 0 Å². The molecule has 4 rings (SSSR count). The van der Waals surface area contributed by atoms with E-state index < -0.39 is 5.97 Å². The fraction of sp³-hybridized carbons (Fsp3) is 0.148. The molecule has 35 heavy (non-hydrogen) atoms. The van der Waals surface area contributed by atoms with E-state index in [9.17, 15) is 4.79 Å². The number of rotatable bonds is 10. The summed E-state index contributed by atoms with van der Waals surface area (Å²) in [6.07, 6.45) is 1.29. The molecule has 0 saturated carbocycles. The van der Waals surface area contributed by atoms with Crippen LogP contribution in [-0.4, -0.2) is 21.2 Å². The lowest BCUT2D eigenvalue weighted by molar-refractivity contribution is 0.0696. The van der Waals surface area contributed by atoms with Crippen LogP contribution in [0.1, 0.15) is 38.5 Å². The molecule has 0 aliphatic heterocycles. The van der Waals surface area contributed by atoms with E-state index in [-0.39, 0.29) is 12.2 Å². The van der Waals surface area contributed by atoms with E-state index in [1.54, 1.807) is 6.07 Å². The Morgan fingerprint density at radius 3 is 2.37 bits per heavy atom. The number of carboxylic acid groups (broad SMARTS) is 1. The third-order valence-electron chi connectivity index (χ3n) is 5.24. The summed E-state index contributed by atoms with van der Waals surface area (Å²) in [5, 5.41) is 16.1. The van der Waals surface area contributed by atoms with E-state index in [0.29, 0.717) is 41.1 Å². The number of nitrogens with zero attached hydrogens (tertiary/aromatic N) is 2. The molecule has 0 saturated heterocycles. The zero-order valence-electron chi connectivity index (χ0n) is 19.4. The zero-order valence-corrected chi connectivity index (χ0v) is 19.4. The maximum absolute atomic E-state index is 11.1. The van der Waals surface area contributed by atoms with Gasteiger partial charge in [0.15, 0.2) is 0 Å². The molecule has 2 heterocycles. The minimum Gasteiger partial charge on any atom is -0.489 e. The third kappa shape index (κ3) is 6.26. The Morgan fingerprint density at radius 2 is 1.74 bits per heavy atom. The number of anilines is 1. The lowest BCUT2D eigenvalue weighted by atomic mass is 10.1. The molecule has 2 aromatic heterocycles. The molecule has 0 amide bonds. The van der Waals surface area contributed by atoms with E-state index in [1.165, 1.54) is 12.3 Å². The number of pyridine rings is 1. The van der Waals surface area contributed by atoms with Crippen LogP contribution in [0.2, 0.25) is 0 Å². The highest BCUT2D eigenvalue weighted by molar-refractivity contribution is 5.87. The summed E-state index contributed by atoms with van der Waals surface area (Å²) in [6, 6.07) is 18.4. The molecule has 4 aromatic rings. The van der Waals surface area contributed by atoms with Crippen LogP contribution < -0.4 is 14.8 Å². The summed E-state index contributed by atoms with van der Waals surface area (Å²) in [5.74, 6) is 1.31. The molecule has 0 bridgehead atoms. The van der Waals surface area contributed by atoms with Gasteiger partial charge in [0.25, 0.3) is 0 Å². The van der Waals surface area contributed by atoms with Crippen molar-refractivity contribution in [2.24, 2.45) is 0 Å². The molecule has 0 unspecified atom stereocenters. The Hall–Kier alpha value is -4.59. The predicted molar refractivity (Wildman–Crippen MR) is 131 cm³/mol. The van der Waals surface area contributed by atoms with Gasteiger partial charge in [-0.1, -0.05) is 36.0 Å². The van der Waals surface area contributed by atoms with Crippen LogP contribution in [0.4, 0.5) is 5.82 Å². The SMILES string of the molecule is C=C(Nc1ccc(C(=O)O)cn1)c1cc(OCc2cc(C)on2)cc(OCc2ccccc2C)c1. The molecule has 0 fully saturated rings. The maximum Gasteiger partial charge on any atom is 0.337 e. The number of aromatic nitrogens is 2. The molecule has 0 aliphatic carbocycles. The average Bonchev–Trinajstić information content (AvgIpc) is 3.27. The highest BCUT2D eigenvalue weighted by atomic mass is 16.5. The first kappa shape index (κ1) is 23.6. The van der Waals surface area contributed by atoms with E-state index in [2.05, 4.69) is 22.0 Å². The maximum atomic E-state index is 11.1. The number of benzene rings is 2. The second-order valence-electron chi connectivity index (χ2n) is 7.97. The van der Waals surface area contributed by atoms with Crippen molar-refractivity contribution in [2.75, 3.05) is 5.32 Å². The van der Waals surface area contributed by atoms with Gasteiger partial charge in [0.2, 0.25) is 0 Å². The minimum absolute atomic E-state index is 0.103. The zero-order chi connectivity index (χ0) is 24.8. The summed E-state index contributed by atoms with van der Waals surface area (Å²) in [6.45, 7) is 8.60. The first-order chi connectivity index (χ1) is 16.9. The molecule has 178 valence electrons. The standard InChI is InChI=1S/C27H25N3O5/c1-17-6-4-5-7-21(17)15-33-24-11-22(12-25(13-24)34-16-23-10-18(2)35-30-23)19(3)29-26-9-8-20(14-28-26)27(31)32/h4-14H,3,15-16H2,1-2H3,(H,28,29)(H,31,32). The Kier molecular flexibility index (Phi) is 7.11. The van der Waals surface area contributed by atoms with Crippen molar-refractivity contribution in [1.82, 2.24) is 10.1 Å². The fourth-order valence-corrected chi connectivity index (χ4v) is 3.31. The molecule has 0 atom stereocenters. The Labute approximate surface area is 202 Å². The number of carbonyl (C=O) groups is 1. The average molecular weight is 472 g/mol. The number of nitrogens with one attached hydrogen (secondary N) is 1. The smallest absolute Gasteiger partial charge is 0.337 e. The molecule has 8 nitrogen and oxygen atoms in total. The topological polar surface area (TPSA) is 107 Å². The van der Waals surface area contributed by atoms with Gasteiger partial charge in [0, 0.05) is 29.6 Å². The van der Waals surface area contributed by atoms with Gasteiger partial charge in [-0.3, -0.25) is 0 Å². The summed E-state index contributed by atoms with van der Waals surface area (Å²) in [5.41, 5.74) is 4.27. The van der Waals surface area contributed by atoms with E-state index >= 15 is 0 Å². The number of hydrogen-bond acceptors (Lipinski definition) is 7. The molecule has 0 spiro atoms. The van der Waals surface area contributed by atoms with Crippen LogP contribution >= 0.6 is 0 Å². The van der Waals surface area contributed by atoms with Crippen molar-refractivity contribution in [3.63, 3.8) is 0 Å². The van der Waals surface area contributed by atoms with Gasteiger partial charge >= 0.3 is 5.97 Å². The molecule has 2 N–H and O–H groups in total. The normalized spacial score (nSPS) is 10.6. The van der Waals surface area contributed by atoms with Crippen LogP contribution in [0.15, 0.2) is 78.0 Å². The van der Waals surface area contributed by atoms with Crippen molar-refractivity contribution in [3.05, 3.63) is 107 Å². The van der Waals surface area contributed by atoms with Gasteiger partial charge in [0.1, 0.15) is 42.0 Å². The van der Waals surface area contributed by atoms with Crippen molar-refractivity contribution in [1.29, 1.82) is 0 Å². The van der Waals surface area contributed by atoms with E-state index in [1.807, 2.05) is 62.4 Å². The number of ether oxygens (including phenoxy) is 2. The minimum atomic E-state index is -1.04. The Bertz CT molecular complexity index is 1350. The highest BCUT2D eigenvalue weighted by Crippen LogP contribution is 2.29. The van der Waals surface area contributed by atoms with E-state index in [4.69, 9.17) is 19.1 Å². The summed E-state index contributed by atoms with van der Waals surface area (Å²) in [7, 11) is 0. The second-order valence-corrected chi connectivity index (χ2v) is 7.97. The summed E-state index contributed by atoms with van der Waals surface area (Å²) in [4.78, 5) is 15.2. The molecule has 0 aliphatic rings. The lowest BCUT2D eigenvalue weighted by Gasteiger charge is -2.15.